The SMILES string of the molecule is NCCCc1nc[nH]c(=O)c1C(=O)O. The van der Waals surface area contributed by atoms with Crippen molar-refractivity contribution in [1.82, 2.24) is 9.97 Å². The number of rotatable bonds is 4. The summed E-state index contributed by atoms with van der Waals surface area (Å²) < 4.78 is 0. The van der Waals surface area contributed by atoms with E-state index in [1.165, 1.54) is 6.33 Å². The van der Waals surface area contributed by atoms with Crippen LogP contribution in [0.25, 0.3) is 0 Å². The molecule has 4 N–H and O–H groups in total. The van der Waals surface area contributed by atoms with E-state index in [4.69, 9.17) is 10.8 Å². The van der Waals surface area contributed by atoms with Gasteiger partial charge < -0.3 is 15.8 Å². The Morgan fingerprint density at radius 1 is 1.64 bits per heavy atom. The molecular formula is C8H11N3O3. The molecule has 0 aliphatic rings. The Balaban J connectivity index is 3.08. The van der Waals surface area contributed by atoms with E-state index in [-0.39, 0.29) is 11.3 Å². The second-order valence-electron chi connectivity index (χ2n) is 2.75. The van der Waals surface area contributed by atoms with Gasteiger partial charge in [0.05, 0.1) is 12.0 Å². The topological polar surface area (TPSA) is 109 Å². The summed E-state index contributed by atoms with van der Waals surface area (Å²) >= 11 is 0. The molecule has 1 heterocycles. The molecule has 1 aromatic heterocycles. The molecule has 0 saturated carbocycles. The molecular weight excluding hydrogens is 186 g/mol. The van der Waals surface area contributed by atoms with Crippen molar-refractivity contribution in [2.24, 2.45) is 5.73 Å². The Bertz CT molecular complexity index is 386. The van der Waals surface area contributed by atoms with Gasteiger partial charge in [-0.2, -0.15) is 0 Å². The molecule has 76 valence electrons. The van der Waals surface area contributed by atoms with Crippen molar-refractivity contribution in [2.75, 3.05) is 6.54 Å². The van der Waals surface area contributed by atoms with Crippen molar-refractivity contribution in [2.45, 2.75) is 12.8 Å². The number of hydrogen-bond donors (Lipinski definition) is 3. The molecule has 6 nitrogen and oxygen atoms in total. The fourth-order valence-corrected chi connectivity index (χ4v) is 1.12. The Labute approximate surface area is 79.8 Å². The number of nitrogens with zero attached hydrogens (tertiary/aromatic N) is 1. The zero-order valence-corrected chi connectivity index (χ0v) is 7.49. The molecule has 0 radical (unpaired) electrons. The minimum absolute atomic E-state index is 0.284. The van der Waals surface area contributed by atoms with Gasteiger partial charge in [0.2, 0.25) is 0 Å². The minimum Gasteiger partial charge on any atom is -0.477 e. The third-order valence-electron chi connectivity index (χ3n) is 1.76. The molecule has 14 heavy (non-hydrogen) atoms. The number of aromatic carboxylic acids is 1. The highest BCUT2D eigenvalue weighted by Crippen LogP contribution is 2.01. The summed E-state index contributed by atoms with van der Waals surface area (Å²) in [4.78, 5) is 27.9. The summed E-state index contributed by atoms with van der Waals surface area (Å²) in [5.41, 5.74) is 4.65. The number of carboxylic acids is 1. The zero-order chi connectivity index (χ0) is 10.6. The molecule has 0 bridgehead atoms. The highest BCUT2D eigenvalue weighted by molar-refractivity contribution is 5.88. The summed E-state index contributed by atoms with van der Waals surface area (Å²) in [6.45, 7) is 0.438. The predicted octanol–water partition coefficient (Wildman–Crippen LogP) is -0.641. The molecule has 0 aliphatic heterocycles. The quantitative estimate of drug-likeness (QED) is 0.594. The van der Waals surface area contributed by atoms with E-state index >= 15 is 0 Å². The van der Waals surface area contributed by atoms with Gasteiger partial charge in [-0.1, -0.05) is 0 Å². The number of aromatic nitrogens is 2. The Morgan fingerprint density at radius 2 is 2.36 bits per heavy atom. The van der Waals surface area contributed by atoms with E-state index in [2.05, 4.69) is 9.97 Å². The van der Waals surface area contributed by atoms with E-state index in [1.54, 1.807) is 0 Å². The van der Waals surface area contributed by atoms with Crippen molar-refractivity contribution in [3.05, 3.63) is 27.9 Å². The third-order valence-corrected chi connectivity index (χ3v) is 1.76. The maximum atomic E-state index is 11.1. The number of hydrogen-bond acceptors (Lipinski definition) is 4. The second kappa shape index (κ2) is 4.52. The molecule has 0 unspecified atom stereocenters. The van der Waals surface area contributed by atoms with Gasteiger partial charge in [-0.05, 0) is 19.4 Å². The smallest absolute Gasteiger partial charge is 0.343 e. The van der Waals surface area contributed by atoms with Crippen LogP contribution in [0.3, 0.4) is 0 Å². The van der Waals surface area contributed by atoms with Crippen LogP contribution in [0.15, 0.2) is 11.1 Å². The van der Waals surface area contributed by atoms with Gasteiger partial charge in [-0.25, -0.2) is 9.78 Å². The van der Waals surface area contributed by atoms with Gasteiger partial charge in [0, 0.05) is 0 Å². The maximum absolute atomic E-state index is 11.1. The molecule has 1 rings (SSSR count). The first-order valence-electron chi connectivity index (χ1n) is 4.16. The molecule has 0 atom stereocenters. The van der Waals surface area contributed by atoms with Crippen molar-refractivity contribution < 1.29 is 9.90 Å². The third kappa shape index (κ3) is 2.17. The Kier molecular flexibility index (Phi) is 3.35. The molecule has 0 aromatic carbocycles. The second-order valence-corrected chi connectivity index (χ2v) is 2.75. The van der Waals surface area contributed by atoms with Crippen LogP contribution in [0.5, 0.6) is 0 Å². The van der Waals surface area contributed by atoms with Gasteiger partial charge in [0.25, 0.3) is 5.56 Å². The predicted molar refractivity (Wildman–Crippen MR) is 49.2 cm³/mol. The van der Waals surface area contributed by atoms with Crippen molar-refractivity contribution in [1.29, 1.82) is 0 Å². The van der Waals surface area contributed by atoms with Crippen molar-refractivity contribution >= 4 is 5.97 Å². The van der Waals surface area contributed by atoms with Crippen LogP contribution >= 0.6 is 0 Å². The first-order valence-corrected chi connectivity index (χ1v) is 4.16. The van der Waals surface area contributed by atoms with Crippen LogP contribution in [0.2, 0.25) is 0 Å². The fraction of sp³-hybridized carbons (Fsp3) is 0.375. The molecule has 1 aromatic rings. The summed E-state index contributed by atoms with van der Waals surface area (Å²) in [6.07, 6.45) is 2.21. The molecule has 6 heteroatoms. The van der Waals surface area contributed by atoms with Crippen LogP contribution in [-0.2, 0) is 6.42 Å². The molecule has 0 amide bonds. The monoisotopic (exact) mass is 197 g/mol. The molecule has 0 spiro atoms. The summed E-state index contributed by atoms with van der Waals surface area (Å²) in [5, 5.41) is 8.75. The standard InChI is InChI=1S/C8H11N3O3/c9-3-1-2-5-6(8(13)14)7(12)11-4-10-5/h4H,1-3,9H2,(H,13,14)(H,10,11,12). The van der Waals surface area contributed by atoms with Crippen LogP contribution in [0.4, 0.5) is 0 Å². The van der Waals surface area contributed by atoms with E-state index in [0.29, 0.717) is 19.4 Å². The lowest BCUT2D eigenvalue weighted by atomic mass is 10.1. The van der Waals surface area contributed by atoms with Crippen LogP contribution < -0.4 is 11.3 Å². The van der Waals surface area contributed by atoms with Gasteiger partial charge in [0.15, 0.2) is 0 Å². The van der Waals surface area contributed by atoms with E-state index in [9.17, 15) is 9.59 Å². The number of carbonyl (C=O) groups is 1. The first kappa shape index (κ1) is 10.4. The average molecular weight is 197 g/mol. The number of aromatic amines is 1. The number of H-pyrrole nitrogens is 1. The maximum Gasteiger partial charge on any atom is 0.343 e. The lowest BCUT2D eigenvalue weighted by molar-refractivity contribution is 0.0693. The minimum atomic E-state index is -1.26. The van der Waals surface area contributed by atoms with Gasteiger partial charge in [0.1, 0.15) is 5.56 Å². The Hall–Kier alpha value is -1.69. The van der Waals surface area contributed by atoms with E-state index in [1.807, 2.05) is 0 Å². The van der Waals surface area contributed by atoms with Crippen LogP contribution in [0.1, 0.15) is 22.5 Å². The largest absolute Gasteiger partial charge is 0.477 e. The first-order chi connectivity index (χ1) is 6.66. The molecule has 0 saturated heterocycles. The lowest BCUT2D eigenvalue weighted by Crippen LogP contribution is -2.21. The van der Waals surface area contributed by atoms with Gasteiger partial charge >= 0.3 is 5.97 Å². The number of aryl methyl sites for hydroxylation is 1. The van der Waals surface area contributed by atoms with Gasteiger partial charge in [-0.3, -0.25) is 4.79 Å². The zero-order valence-electron chi connectivity index (χ0n) is 7.49. The highest BCUT2D eigenvalue weighted by Gasteiger charge is 2.14. The van der Waals surface area contributed by atoms with Crippen LogP contribution in [0, 0.1) is 0 Å². The summed E-state index contributed by atoms with van der Waals surface area (Å²) in [7, 11) is 0. The normalized spacial score (nSPS) is 10.1. The van der Waals surface area contributed by atoms with Crippen molar-refractivity contribution in [3.63, 3.8) is 0 Å². The fourth-order valence-electron chi connectivity index (χ4n) is 1.12. The highest BCUT2D eigenvalue weighted by atomic mass is 16.4. The molecule has 0 aliphatic carbocycles. The van der Waals surface area contributed by atoms with Gasteiger partial charge in [-0.15, -0.1) is 0 Å². The average Bonchev–Trinajstić information content (AvgIpc) is 2.14. The van der Waals surface area contributed by atoms with Crippen LogP contribution in [-0.4, -0.2) is 27.6 Å². The lowest BCUT2D eigenvalue weighted by Gasteiger charge is -2.01. The Morgan fingerprint density at radius 3 is 2.93 bits per heavy atom. The summed E-state index contributed by atoms with van der Waals surface area (Å²) in [6, 6.07) is 0. The van der Waals surface area contributed by atoms with Crippen molar-refractivity contribution in [3.8, 4) is 0 Å². The summed E-state index contributed by atoms with van der Waals surface area (Å²) in [5.74, 6) is -1.26. The van der Waals surface area contributed by atoms with E-state index < -0.39 is 11.5 Å². The van der Waals surface area contributed by atoms with E-state index in [0.717, 1.165) is 0 Å². The number of nitrogens with two attached hydrogens (primary N) is 1. The molecule has 0 fully saturated rings. The number of carboxylic acid groups (broad SMARTS) is 1. The number of nitrogens with one attached hydrogen (secondary N) is 1.